The Morgan fingerprint density at radius 1 is 1.00 bits per heavy atom. The number of benzene rings is 1. The summed E-state index contributed by atoms with van der Waals surface area (Å²) in [6.07, 6.45) is 1.59. The van der Waals surface area contributed by atoms with Crippen molar-refractivity contribution in [1.29, 1.82) is 0 Å². The molecule has 0 aliphatic heterocycles. The largest absolute Gasteiger partial charge is 0.493 e. The third kappa shape index (κ3) is 2.16. The Labute approximate surface area is 114 Å². The molecule has 3 aromatic rings. The Morgan fingerprint density at radius 3 is 2.40 bits per heavy atom. The van der Waals surface area contributed by atoms with E-state index < -0.39 is 5.56 Å². The fourth-order valence-corrected chi connectivity index (χ4v) is 1.95. The summed E-state index contributed by atoms with van der Waals surface area (Å²) in [6.45, 7) is 0. The minimum Gasteiger partial charge on any atom is -0.493 e. The van der Waals surface area contributed by atoms with E-state index in [1.54, 1.807) is 48.7 Å². The summed E-state index contributed by atoms with van der Waals surface area (Å²) in [7, 11) is 0. The van der Waals surface area contributed by atoms with Crippen LogP contribution in [0.1, 0.15) is 0 Å². The number of aromatic hydroxyl groups is 1. The first kappa shape index (κ1) is 12.1. The van der Waals surface area contributed by atoms with Crippen molar-refractivity contribution in [3.05, 3.63) is 65.1 Å². The van der Waals surface area contributed by atoms with Gasteiger partial charge in [-0.25, -0.2) is 0 Å². The van der Waals surface area contributed by atoms with Crippen LogP contribution in [0.25, 0.3) is 22.6 Å². The maximum Gasteiger partial charge on any atom is 0.262 e. The van der Waals surface area contributed by atoms with Crippen molar-refractivity contribution in [3.8, 4) is 28.5 Å². The monoisotopic (exact) mass is 265 g/mol. The van der Waals surface area contributed by atoms with Gasteiger partial charge in [-0.3, -0.25) is 9.78 Å². The van der Waals surface area contributed by atoms with Crippen LogP contribution in [0.3, 0.4) is 0 Å². The lowest BCUT2D eigenvalue weighted by molar-refractivity contribution is 0.454. The maximum absolute atomic E-state index is 12.2. The third-order valence-electron chi connectivity index (χ3n) is 2.87. The van der Waals surface area contributed by atoms with Gasteiger partial charge in [-0.15, -0.1) is 0 Å². The van der Waals surface area contributed by atoms with Crippen molar-refractivity contribution >= 4 is 0 Å². The van der Waals surface area contributed by atoms with Gasteiger partial charge >= 0.3 is 0 Å². The minimum absolute atomic E-state index is 0.158. The van der Waals surface area contributed by atoms with Gasteiger partial charge in [0, 0.05) is 6.20 Å². The van der Waals surface area contributed by atoms with Crippen molar-refractivity contribution in [3.63, 3.8) is 0 Å². The molecule has 2 heterocycles. The van der Waals surface area contributed by atoms with E-state index in [-0.39, 0.29) is 17.3 Å². The van der Waals surface area contributed by atoms with E-state index in [1.165, 1.54) is 0 Å². The van der Waals surface area contributed by atoms with Crippen LogP contribution in [0, 0.1) is 0 Å². The number of nitrogens with zero attached hydrogens (tertiary/aromatic N) is 2. The number of hydrogen-bond donors (Lipinski definition) is 2. The van der Waals surface area contributed by atoms with Crippen molar-refractivity contribution < 1.29 is 5.11 Å². The Hall–Kier alpha value is -2.95. The summed E-state index contributed by atoms with van der Waals surface area (Å²) in [5.41, 5.74) is 0.875. The zero-order chi connectivity index (χ0) is 13.9. The molecule has 0 radical (unpaired) electrons. The van der Waals surface area contributed by atoms with E-state index in [0.717, 1.165) is 0 Å². The number of pyridine rings is 1. The lowest BCUT2D eigenvalue weighted by Gasteiger charge is -2.05. The number of nitrogens with one attached hydrogen (secondary N) is 1. The molecule has 0 saturated heterocycles. The molecule has 20 heavy (non-hydrogen) atoms. The van der Waals surface area contributed by atoms with Crippen LogP contribution in [-0.2, 0) is 0 Å². The van der Waals surface area contributed by atoms with Gasteiger partial charge in [0.15, 0.2) is 5.82 Å². The van der Waals surface area contributed by atoms with Crippen LogP contribution in [-0.4, -0.2) is 20.1 Å². The molecule has 5 nitrogen and oxygen atoms in total. The van der Waals surface area contributed by atoms with E-state index in [1.807, 2.05) is 6.07 Å². The molecule has 2 aromatic heterocycles. The van der Waals surface area contributed by atoms with Crippen molar-refractivity contribution in [2.24, 2.45) is 0 Å². The maximum atomic E-state index is 12.2. The lowest BCUT2D eigenvalue weighted by Crippen LogP contribution is -2.12. The summed E-state index contributed by atoms with van der Waals surface area (Å²) < 4.78 is 0. The van der Waals surface area contributed by atoms with E-state index in [4.69, 9.17) is 0 Å². The van der Waals surface area contributed by atoms with Crippen LogP contribution in [0.2, 0.25) is 0 Å². The van der Waals surface area contributed by atoms with Gasteiger partial charge in [-0.2, -0.15) is 4.98 Å². The average Bonchev–Trinajstić information content (AvgIpc) is 2.48. The number of hydrogen-bond acceptors (Lipinski definition) is 4. The molecule has 0 bridgehead atoms. The van der Waals surface area contributed by atoms with Gasteiger partial charge < -0.3 is 10.1 Å². The first-order valence-corrected chi connectivity index (χ1v) is 6.06. The second kappa shape index (κ2) is 4.97. The molecule has 0 saturated carbocycles. The molecular weight excluding hydrogens is 254 g/mol. The van der Waals surface area contributed by atoms with E-state index >= 15 is 0 Å². The second-order valence-corrected chi connectivity index (χ2v) is 4.19. The first-order chi connectivity index (χ1) is 9.75. The molecule has 98 valence electrons. The topological polar surface area (TPSA) is 78.9 Å². The predicted molar refractivity (Wildman–Crippen MR) is 75.2 cm³/mol. The zero-order valence-electron chi connectivity index (χ0n) is 10.4. The molecule has 1 aromatic carbocycles. The molecule has 2 N–H and O–H groups in total. The van der Waals surface area contributed by atoms with Crippen LogP contribution >= 0.6 is 0 Å². The smallest absolute Gasteiger partial charge is 0.262 e. The Kier molecular flexibility index (Phi) is 3.01. The Balaban J connectivity index is 2.16. The number of aromatic amines is 1. The van der Waals surface area contributed by atoms with Crippen molar-refractivity contribution in [1.82, 2.24) is 15.0 Å². The van der Waals surface area contributed by atoms with Gasteiger partial charge in [0.05, 0.1) is 0 Å². The highest BCUT2D eigenvalue weighted by atomic mass is 16.3. The molecule has 3 rings (SSSR count). The summed E-state index contributed by atoms with van der Waals surface area (Å²) in [5.74, 6) is -0.0617. The van der Waals surface area contributed by atoms with E-state index in [2.05, 4.69) is 15.0 Å². The standard InChI is InChI=1S/C15H11N3O2/c19-14-12(10-6-2-1-3-7-10)15(20)18-13(17-14)11-8-4-5-9-16-11/h1-9H,(H2,17,18,19,20). The fourth-order valence-electron chi connectivity index (χ4n) is 1.95. The number of H-pyrrole nitrogens is 1. The molecule has 5 heteroatoms. The number of aromatic nitrogens is 3. The minimum atomic E-state index is -0.399. The van der Waals surface area contributed by atoms with Crippen LogP contribution < -0.4 is 5.56 Å². The molecule has 0 atom stereocenters. The van der Waals surface area contributed by atoms with Crippen LogP contribution in [0.5, 0.6) is 5.88 Å². The van der Waals surface area contributed by atoms with E-state index in [0.29, 0.717) is 11.3 Å². The molecular formula is C15H11N3O2. The third-order valence-corrected chi connectivity index (χ3v) is 2.87. The lowest BCUT2D eigenvalue weighted by atomic mass is 10.1. The molecule has 0 fully saturated rings. The summed E-state index contributed by atoms with van der Waals surface area (Å²) in [5, 5.41) is 10.0. The molecule has 0 aliphatic carbocycles. The summed E-state index contributed by atoms with van der Waals surface area (Å²) >= 11 is 0. The van der Waals surface area contributed by atoms with Gasteiger partial charge in [0.1, 0.15) is 11.3 Å². The fraction of sp³-hybridized carbons (Fsp3) is 0. The highest BCUT2D eigenvalue weighted by molar-refractivity contribution is 5.68. The van der Waals surface area contributed by atoms with Crippen LogP contribution in [0.15, 0.2) is 59.5 Å². The highest BCUT2D eigenvalue weighted by Gasteiger charge is 2.13. The molecule has 0 aliphatic rings. The van der Waals surface area contributed by atoms with Crippen molar-refractivity contribution in [2.75, 3.05) is 0 Å². The summed E-state index contributed by atoms with van der Waals surface area (Å²) in [6, 6.07) is 14.2. The first-order valence-electron chi connectivity index (χ1n) is 6.06. The van der Waals surface area contributed by atoms with Crippen molar-refractivity contribution in [2.45, 2.75) is 0 Å². The zero-order valence-corrected chi connectivity index (χ0v) is 10.4. The Bertz CT molecular complexity index is 783. The number of rotatable bonds is 2. The van der Waals surface area contributed by atoms with Crippen LogP contribution in [0.4, 0.5) is 0 Å². The van der Waals surface area contributed by atoms with Gasteiger partial charge in [0.25, 0.3) is 5.56 Å². The van der Waals surface area contributed by atoms with Gasteiger partial charge in [-0.05, 0) is 17.7 Å². The van der Waals surface area contributed by atoms with E-state index in [9.17, 15) is 9.90 Å². The highest BCUT2D eigenvalue weighted by Crippen LogP contribution is 2.24. The molecule has 0 amide bonds. The van der Waals surface area contributed by atoms with Gasteiger partial charge in [0.2, 0.25) is 5.88 Å². The quantitative estimate of drug-likeness (QED) is 0.744. The van der Waals surface area contributed by atoms with Gasteiger partial charge in [-0.1, -0.05) is 36.4 Å². The molecule has 0 spiro atoms. The SMILES string of the molecule is O=c1[nH]c(-c2ccccn2)nc(O)c1-c1ccccc1. The average molecular weight is 265 g/mol. The normalized spacial score (nSPS) is 10.4. The molecule has 0 unspecified atom stereocenters. The Morgan fingerprint density at radius 2 is 1.75 bits per heavy atom. The second-order valence-electron chi connectivity index (χ2n) is 4.19. The summed E-state index contributed by atoms with van der Waals surface area (Å²) in [4.78, 5) is 22.9. The predicted octanol–water partition coefficient (Wildman–Crippen LogP) is 2.20.